The van der Waals surface area contributed by atoms with Crippen LogP contribution < -0.4 is 0 Å². The molecule has 2 aromatic rings. The Kier molecular flexibility index (Phi) is 3.80. The van der Waals surface area contributed by atoms with Gasteiger partial charge in [-0.15, -0.1) is 0 Å². The Bertz CT molecular complexity index is 705. The monoisotopic (exact) mass is 426 g/mol. The van der Waals surface area contributed by atoms with E-state index in [0.29, 0.717) is 16.1 Å². The summed E-state index contributed by atoms with van der Waals surface area (Å²) in [5, 5.41) is 0.606. The summed E-state index contributed by atoms with van der Waals surface area (Å²) in [6.45, 7) is 0. The molecule has 5 heteroatoms. The van der Waals surface area contributed by atoms with Crippen LogP contribution in [0.4, 0.5) is 0 Å². The van der Waals surface area contributed by atoms with Gasteiger partial charge < -0.3 is 0 Å². The fourth-order valence-corrected chi connectivity index (χ4v) is 4.00. The van der Waals surface area contributed by atoms with Gasteiger partial charge in [0.1, 0.15) is 0 Å². The Morgan fingerprint density at radius 2 is 1.38 bits per heavy atom. The maximum atomic E-state index is 12.7. The molecule has 0 N–H and O–H groups in total. The minimum Gasteiger partial charge on any atom is -0.292 e. The second kappa shape index (κ2) is 5.34. The molecule has 21 heavy (non-hydrogen) atoms. The lowest BCUT2D eigenvalue weighted by Crippen LogP contribution is -2.38. The van der Waals surface area contributed by atoms with E-state index in [0.717, 1.165) is 5.56 Å². The highest BCUT2D eigenvalue weighted by molar-refractivity contribution is 9.13. The van der Waals surface area contributed by atoms with Gasteiger partial charge in [-0.3, -0.25) is 9.59 Å². The first-order valence-electron chi connectivity index (χ1n) is 6.23. The molecule has 1 unspecified atom stereocenters. The van der Waals surface area contributed by atoms with Crippen molar-refractivity contribution >= 4 is 55.0 Å². The molecule has 1 aliphatic rings. The lowest BCUT2D eigenvalue weighted by Gasteiger charge is -2.25. The van der Waals surface area contributed by atoms with Gasteiger partial charge in [0.05, 0.1) is 4.83 Å². The smallest absolute Gasteiger partial charge is 0.189 e. The van der Waals surface area contributed by atoms with Crippen molar-refractivity contribution in [1.29, 1.82) is 0 Å². The van der Waals surface area contributed by atoms with Gasteiger partial charge in [0.25, 0.3) is 0 Å². The molecule has 0 bridgehead atoms. The van der Waals surface area contributed by atoms with E-state index >= 15 is 0 Å². The van der Waals surface area contributed by atoms with E-state index in [1.807, 2.05) is 0 Å². The molecule has 0 heterocycles. The number of fused-ring (bicyclic) bond motifs is 1. The largest absolute Gasteiger partial charge is 0.292 e. The number of rotatable bonds is 2. The topological polar surface area (TPSA) is 34.1 Å². The highest BCUT2D eigenvalue weighted by atomic mass is 79.9. The van der Waals surface area contributed by atoms with Crippen molar-refractivity contribution in [2.45, 2.75) is 9.15 Å². The van der Waals surface area contributed by atoms with Crippen LogP contribution in [0.3, 0.4) is 0 Å². The van der Waals surface area contributed by atoms with Crippen molar-refractivity contribution in [2.24, 2.45) is 0 Å². The summed E-state index contributed by atoms with van der Waals surface area (Å²) < 4.78 is -1.31. The minimum atomic E-state index is -1.31. The van der Waals surface area contributed by atoms with Gasteiger partial charge in [-0.25, -0.2) is 0 Å². The summed E-state index contributed by atoms with van der Waals surface area (Å²) in [6.07, 6.45) is 0. The van der Waals surface area contributed by atoms with Crippen LogP contribution >= 0.6 is 43.5 Å². The van der Waals surface area contributed by atoms with Crippen molar-refractivity contribution in [2.75, 3.05) is 0 Å². The van der Waals surface area contributed by atoms with Crippen LogP contribution in [0.25, 0.3) is 0 Å². The van der Waals surface area contributed by atoms with Crippen molar-refractivity contribution in [3.8, 4) is 0 Å². The van der Waals surface area contributed by atoms with Gasteiger partial charge in [0.2, 0.25) is 0 Å². The molecule has 106 valence electrons. The summed E-state index contributed by atoms with van der Waals surface area (Å²) in [4.78, 5) is 24.9. The van der Waals surface area contributed by atoms with Crippen LogP contribution in [0.5, 0.6) is 0 Å². The first-order valence-corrected chi connectivity index (χ1v) is 8.32. The van der Waals surface area contributed by atoms with Gasteiger partial charge in [-0.1, -0.05) is 79.9 Å². The summed E-state index contributed by atoms with van der Waals surface area (Å²) >= 11 is 12.8. The lowest BCUT2D eigenvalue weighted by molar-refractivity contribution is 0.0871. The summed E-state index contributed by atoms with van der Waals surface area (Å²) in [5.41, 5.74) is 1.72. The van der Waals surface area contributed by atoms with E-state index in [4.69, 9.17) is 11.6 Å². The van der Waals surface area contributed by atoms with E-state index in [-0.39, 0.29) is 11.6 Å². The predicted molar refractivity (Wildman–Crippen MR) is 89.9 cm³/mol. The molecule has 3 rings (SSSR count). The van der Waals surface area contributed by atoms with Gasteiger partial charge in [0.15, 0.2) is 15.9 Å². The minimum absolute atomic E-state index is 0.222. The van der Waals surface area contributed by atoms with E-state index < -0.39 is 9.15 Å². The third-order valence-corrected chi connectivity index (χ3v) is 6.85. The number of carbonyl (C=O) groups excluding carboxylic acids is 2. The van der Waals surface area contributed by atoms with Crippen LogP contribution in [-0.2, 0) is 0 Å². The number of hydrogen-bond acceptors (Lipinski definition) is 2. The van der Waals surface area contributed by atoms with Gasteiger partial charge in [-0.2, -0.15) is 0 Å². The molecule has 0 fully saturated rings. The van der Waals surface area contributed by atoms with E-state index in [9.17, 15) is 9.59 Å². The quantitative estimate of drug-likeness (QED) is 0.499. The number of halogens is 3. The fourth-order valence-electron chi connectivity index (χ4n) is 2.47. The summed E-state index contributed by atoms with van der Waals surface area (Å²) in [5.74, 6) is -0.445. The number of hydrogen-bond donors (Lipinski definition) is 0. The Morgan fingerprint density at radius 1 is 0.905 bits per heavy atom. The van der Waals surface area contributed by atoms with Gasteiger partial charge >= 0.3 is 0 Å². The molecule has 0 spiro atoms. The molecule has 0 amide bonds. The summed E-state index contributed by atoms with van der Waals surface area (Å²) in [7, 11) is 0. The number of benzene rings is 2. The van der Waals surface area contributed by atoms with Crippen LogP contribution in [-0.4, -0.2) is 15.9 Å². The average Bonchev–Trinajstić information content (AvgIpc) is 2.71. The molecule has 2 nitrogen and oxygen atoms in total. The van der Waals surface area contributed by atoms with Gasteiger partial charge in [0, 0.05) is 16.1 Å². The SMILES string of the molecule is O=C1c2ccccc2C(=O)C1(Br)C(Br)c1ccc(Cl)cc1. The Labute approximate surface area is 143 Å². The third-order valence-electron chi connectivity index (χ3n) is 3.59. The van der Waals surface area contributed by atoms with Crippen LogP contribution in [0.15, 0.2) is 48.5 Å². The predicted octanol–water partition coefficient (Wildman–Crippen LogP) is 4.99. The normalized spacial score (nSPS) is 17.7. The van der Waals surface area contributed by atoms with Crippen LogP contribution in [0, 0.1) is 0 Å². The van der Waals surface area contributed by atoms with E-state index in [1.165, 1.54) is 0 Å². The highest BCUT2D eigenvalue weighted by Crippen LogP contribution is 2.49. The molecule has 0 saturated heterocycles. The molecular formula is C16H9Br2ClO2. The first-order chi connectivity index (χ1) is 9.96. The van der Waals surface area contributed by atoms with E-state index in [1.54, 1.807) is 48.5 Å². The molecule has 0 aromatic heterocycles. The Morgan fingerprint density at radius 3 is 1.86 bits per heavy atom. The number of carbonyl (C=O) groups is 2. The van der Waals surface area contributed by atoms with Crippen LogP contribution in [0.2, 0.25) is 5.02 Å². The molecule has 1 atom stereocenters. The number of Topliss-reactive ketones (excluding diaryl/α,β-unsaturated/α-hetero) is 2. The zero-order valence-electron chi connectivity index (χ0n) is 10.6. The van der Waals surface area contributed by atoms with Crippen molar-refractivity contribution in [3.05, 3.63) is 70.2 Å². The summed E-state index contributed by atoms with van der Waals surface area (Å²) in [6, 6.07) is 13.9. The molecule has 0 aliphatic heterocycles. The second-order valence-electron chi connectivity index (χ2n) is 4.83. The molecule has 2 aromatic carbocycles. The van der Waals surface area contributed by atoms with Crippen molar-refractivity contribution in [1.82, 2.24) is 0 Å². The number of alkyl halides is 2. The fraction of sp³-hybridized carbons (Fsp3) is 0.125. The van der Waals surface area contributed by atoms with Gasteiger partial charge in [-0.05, 0) is 17.7 Å². The molecule has 0 radical (unpaired) electrons. The standard InChI is InChI=1S/C16H9Br2ClO2/c17-13(9-5-7-10(19)8-6-9)16(18)14(20)11-3-1-2-4-12(11)15(16)21/h1-8,13H. The second-order valence-corrected chi connectivity index (χ2v) is 7.43. The maximum Gasteiger partial charge on any atom is 0.189 e. The highest BCUT2D eigenvalue weighted by Gasteiger charge is 2.55. The Balaban J connectivity index is 2.08. The lowest BCUT2D eigenvalue weighted by atomic mass is 9.94. The van der Waals surface area contributed by atoms with E-state index in [2.05, 4.69) is 31.9 Å². The van der Waals surface area contributed by atoms with Crippen molar-refractivity contribution < 1.29 is 9.59 Å². The average molecular weight is 429 g/mol. The molecule has 0 saturated carbocycles. The first kappa shape index (κ1) is 14.9. The molecular weight excluding hydrogens is 419 g/mol. The maximum absolute atomic E-state index is 12.7. The zero-order chi connectivity index (χ0) is 15.2. The Hall–Kier alpha value is -0.970. The zero-order valence-corrected chi connectivity index (χ0v) is 14.6. The molecule has 1 aliphatic carbocycles. The number of ketones is 2. The van der Waals surface area contributed by atoms with Crippen molar-refractivity contribution in [3.63, 3.8) is 0 Å². The van der Waals surface area contributed by atoms with Crippen LogP contribution in [0.1, 0.15) is 31.1 Å². The third kappa shape index (κ3) is 2.20.